The van der Waals surface area contributed by atoms with Gasteiger partial charge in [0.1, 0.15) is 0 Å². The van der Waals surface area contributed by atoms with Gasteiger partial charge < -0.3 is 9.68 Å². The third-order valence-corrected chi connectivity index (χ3v) is 1.51. The average Bonchev–Trinajstić information content (AvgIpc) is 2.20. The SMILES string of the molecule is CC(=O)ON=C(C)CCC(C)=NOC(C)=O. The molecule has 90 valence electrons. The van der Waals surface area contributed by atoms with Gasteiger partial charge in [0.15, 0.2) is 0 Å². The van der Waals surface area contributed by atoms with Crippen LogP contribution in [0.1, 0.15) is 40.5 Å². The molecule has 6 heteroatoms. The second kappa shape index (κ2) is 7.56. The topological polar surface area (TPSA) is 77.3 Å². The quantitative estimate of drug-likeness (QED) is 0.407. The summed E-state index contributed by atoms with van der Waals surface area (Å²) in [7, 11) is 0. The summed E-state index contributed by atoms with van der Waals surface area (Å²) in [6.07, 6.45) is 1.17. The first-order valence-electron chi connectivity index (χ1n) is 4.84. The summed E-state index contributed by atoms with van der Waals surface area (Å²) in [5.41, 5.74) is 1.35. The molecule has 0 heterocycles. The number of nitrogens with zero attached hydrogens (tertiary/aromatic N) is 2. The molecule has 0 fully saturated rings. The molecule has 0 saturated heterocycles. The Labute approximate surface area is 94.3 Å². The molecule has 0 spiro atoms. The van der Waals surface area contributed by atoms with Crippen LogP contribution in [-0.4, -0.2) is 23.4 Å². The molecular weight excluding hydrogens is 212 g/mol. The van der Waals surface area contributed by atoms with Gasteiger partial charge in [-0.15, -0.1) is 0 Å². The molecule has 6 nitrogen and oxygen atoms in total. The zero-order chi connectivity index (χ0) is 12.6. The van der Waals surface area contributed by atoms with E-state index in [0.717, 1.165) is 0 Å². The average molecular weight is 228 g/mol. The lowest BCUT2D eigenvalue weighted by Crippen LogP contribution is -2.02. The Bertz CT molecular complexity index is 289. The third-order valence-electron chi connectivity index (χ3n) is 1.51. The van der Waals surface area contributed by atoms with Crippen LogP contribution in [-0.2, 0) is 19.3 Å². The molecule has 0 radical (unpaired) electrons. The van der Waals surface area contributed by atoms with Crippen molar-refractivity contribution in [2.75, 3.05) is 0 Å². The van der Waals surface area contributed by atoms with Gasteiger partial charge in [0, 0.05) is 13.8 Å². The lowest BCUT2D eigenvalue weighted by Gasteiger charge is -1.99. The molecule has 0 atom stereocenters. The Balaban J connectivity index is 3.95. The fourth-order valence-corrected chi connectivity index (χ4v) is 0.737. The summed E-state index contributed by atoms with van der Waals surface area (Å²) in [5.74, 6) is -0.908. The van der Waals surface area contributed by atoms with Crippen LogP contribution in [0.25, 0.3) is 0 Å². The molecule has 0 aromatic rings. The maximum Gasteiger partial charge on any atom is 0.331 e. The normalized spacial score (nSPS) is 12.2. The molecule has 0 bridgehead atoms. The van der Waals surface area contributed by atoms with Crippen molar-refractivity contribution in [3.8, 4) is 0 Å². The highest BCUT2D eigenvalue weighted by atomic mass is 16.7. The minimum atomic E-state index is -0.454. The number of carbonyl (C=O) groups is 2. The van der Waals surface area contributed by atoms with Crippen molar-refractivity contribution in [3.05, 3.63) is 0 Å². The Morgan fingerprint density at radius 1 is 0.812 bits per heavy atom. The molecule has 0 unspecified atom stereocenters. The summed E-state index contributed by atoms with van der Waals surface area (Å²) >= 11 is 0. The first-order chi connectivity index (χ1) is 7.41. The van der Waals surface area contributed by atoms with E-state index in [4.69, 9.17) is 0 Å². The van der Waals surface area contributed by atoms with Gasteiger partial charge in [-0.2, -0.15) is 0 Å². The van der Waals surface area contributed by atoms with E-state index < -0.39 is 11.9 Å². The lowest BCUT2D eigenvalue weighted by atomic mass is 10.2. The van der Waals surface area contributed by atoms with Crippen LogP contribution in [0.4, 0.5) is 0 Å². The van der Waals surface area contributed by atoms with Gasteiger partial charge in [-0.25, -0.2) is 9.59 Å². The van der Waals surface area contributed by atoms with Crippen molar-refractivity contribution in [1.29, 1.82) is 0 Å². The molecule has 0 saturated carbocycles. The Hall–Kier alpha value is -1.72. The molecule has 0 aromatic carbocycles. The second-order valence-corrected chi connectivity index (χ2v) is 3.32. The zero-order valence-corrected chi connectivity index (χ0v) is 9.94. The molecule has 0 rings (SSSR count). The first kappa shape index (κ1) is 14.3. The predicted octanol–water partition coefficient (Wildman–Crippen LogP) is 1.64. The fraction of sp³-hybridized carbons (Fsp3) is 0.600. The van der Waals surface area contributed by atoms with E-state index in [1.54, 1.807) is 13.8 Å². The first-order valence-corrected chi connectivity index (χ1v) is 4.84. The maximum atomic E-state index is 10.5. The Morgan fingerprint density at radius 3 is 1.38 bits per heavy atom. The third kappa shape index (κ3) is 8.86. The van der Waals surface area contributed by atoms with E-state index in [1.807, 2.05) is 0 Å². The van der Waals surface area contributed by atoms with Crippen LogP contribution in [0.15, 0.2) is 10.3 Å². The van der Waals surface area contributed by atoms with Crippen molar-refractivity contribution >= 4 is 23.4 Å². The molecular formula is C10H16N2O4. The largest absolute Gasteiger partial charge is 0.331 e. The van der Waals surface area contributed by atoms with E-state index in [2.05, 4.69) is 20.0 Å². The molecule has 0 aliphatic heterocycles. The van der Waals surface area contributed by atoms with E-state index in [9.17, 15) is 9.59 Å². The summed E-state index contributed by atoms with van der Waals surface area (Å²) in [4.78, 5) is 29.8. The minimum absolute atomic E-state index is 0.454. The number of hydrogen-bond acceptors (Lipinski definition) is 6. The number of carbonyl (C=O) groups excluding carboxylic acids is 2. The van der Waals surface area contributed by atoms with Gasteiger partial charge in [-0.3, -0.25) is 0 Å². The highest BCUT2D eigenvalue weighted by Gasteiger charge is 1.99. The monoisotopic (exact) mass is 228 g/mol. The number of rotatable bonds is 5. The van der Waals surface area contributed by atoms with Crippen molar-refractivity contribution in [3.63, 3.8) is 0 Å². The van der Waals surface area contributed by atoms with Crippen LogP contribution in [0.2, 0.25) is 0 Å². The molecule has 16 heavy (non-hydrogen) atoms. The van der Waals surface area contributed by atoms with Gasteiger partial charge in [0.2, 0.25) is 0 Å². The predicted molar refractivity (Wildman–Crippen MR) is 59.0 cm³/mol. The second-order valence-electron chi connectivity index (χ2n) is 3.32. The smallest absolute Gasteiger partial charge is 0.319 e. The van der Waals surface area contributed by atoms with Gasteiger partial charge in [-0.1, -0.05) is 10.3 Å². The van der Waals surface area contributed by atoms with E-state index in [-0.39, 0.29) is 0 Å². The van der Waals surface area contributed by atoms with Gasteiger partial charge >= 0.3 is 11.9 Å². The summed E-state index contributed by atoms with van der Waals surface area (Å²) in [6.45, 7) is 6.04. The fourth-order valence-electron chi connectivity index (χ4n) is 0.737. The lowest BCUT2D eigenvalue weighted by molar-refractivity contribution is -0.141. The molecule has 0 aliphatic carbocycles. The Kier molecular flexibility index (Phi) is 6.74. The van der Waals surface area contributed by atoms with Crippen molar-refractivity contribution in [2.24, 2.45) is 10.3 Å². The van der Waals surface area contributed by atoms with E-state index >= 15 is 0 Å². The molecule has 0 amide bonds. The standard InChI is InChI=1S/C10H16N2O4/c1-7(11-15-9(3)13)5-6-8(2)12-16-10(4)14/h5-6H2,1-4H3. The summed E-state index contributed by atoms with van der Waals surface area (Å²) in [6, 6.07) is 0. The number of oxime groups is 2. The van der Waals surface area contributed by atoms with Crippen molar-refractivity contribution in [2.45, 2.75) is 40.5 Å². The van der Waals surface area contributed by atoms with Crippen LogP contribution in [0.5, 0.6) is 0 Å². The van der Waals surface area contributed by atoms with E-state index in [1.165, 1.54) is 13.8 Å². The van der Waals surface area contributed by atoms with Crippen LogP contribution in [0, 0.1) is 0 Å². The zero-order valence-electron chi connectivity index (χ0n) is 9.94. The highest BCUT2D eigenvalue weighted by Crippen LogP contribution is 1.97. The summed E-state index contributed by atoms with van der Waals surface area (Å²) in [5, 5.41) is 7.19. The van der Waals surface area contributed by atoms with Gasteiger partial charge in [-0.05, 0) is 26.7 Å². The van der Waals surface area contributed by atoms with Crippen LogP contribution in [0.3, 0.4) is 0 Å². The van der Waals surface area contributed by atoms with E-state index in [0.29, 0.717) is 24.3 Å². The maximum absolute atomic E-state index is 10.5. The molecule has 0 aliphatic rings. The summed E-state index contributed by atoms with van der Waals surface area (Å²) < 4.78 is 0. The van der Waals surface area contributed by atoms with Crippen molar-refractivity contribution < 1.29 is 19.3 Å². The molecule has 0 aromatic heterocycles. The minimum Gasteiger partial charge on any atom is -0.319 e. The van der Waals surface area contributed by atoms with Gasteiger partial charge in [0.05, 0.1) is 11.4 Å². The Morgan fingerprint density at radius 2 is 1.12 bits per heavy atom. The highest BCUT2D eigenvalue weighted by molar-refractivity contribution is 5.89. The molecule has 0 N–H and O–H groups in total. The van der Waals surface area contributed by atoms with Crippen LogP contribution >= 0.6 is 0 Å². The van der Waals surface area contributed by atoms with Crippen LogP contribution < -0.4 is 0 Å². The van der Waals surface area contributed by atoms with Crippen molar-refractivity contribution in [1.82, 2.24) is 0 Å². The van der Waals surface area contributed by atoms with Gasteiger partial charge in [0.25, 0.3) is 0 Å². The number of hydrogen-bond donors (Lipinski definition) is 0.